The Kier molecular flexibility index (Phi) is 4.60. The van der Waals surface area contributed by atoms with Crippen LogP contribution >= 0.6 is 11.6 Å². The lowest BCUT2D eigenvalue weighted by molar-refractivity contribution is 0.318. The van der Waals surface area contributed by atoms with E-state index in [0.717, 1.165) is 11.7 Å². The Hall–Kier alpha value is -0.830. The van der Waals surface area contributed by atoms with E-state index in [1.807, 2.05) is 6.07 Å². The summed E-state index contributed by atoms with van der Waals surface area (Å²) in [6.07, 6.45) is 7.86. The van der Waals surface area contributed by atoms with Crippen LogP contribution in [0.15, 0.2) is 12.1 Å². The number of aromatic nitrogens is 2. The van der Waals surface area contributed by atoms with Gasteiger partial charge in [0, 0.05) is 6.04 Å². The second-order valence-corrected chi connectivity index (χ2v) is 5.28. The summed E-state index contributed by atoms with van der Waals surface area (Å²) in [5.41, 5.74) is 0. The minimum atomic E-state index is 0.446. The summed E-state index contributed by atoms with van der Waals surface area (Å²) in [5, 5.41) is 11.8. The molecule has 0 spiro atoms. The van der Waals surface area contributed by atoms with Gasteiger partial charge in [-0.1, -0.05) is 31.4 Å². The number of hydrogen-bond acceptors (Lipinski definition) is 3. The molecule has 1 aliphatic rings. The zero-order valence-electron chi connectivity index (χ0n) is 10.3. The molecule has 2 rings (SSSR count). The Morgan fingerprint density at radius 2 is 2.00 bits per heavy atom. The Labute approximate surface area is 108 Å². The summed E-state index contributed by atoms with van der Waals surface area (Å²) in [5.74, 6) is 1.78. The molecule has 1 aromatic heterocycles. The van der Waals surface area contributed by atoms with Crippen LogP contribution in [0.2, 0.25) is 5.15 Å². The number of hydrogen-bond donors (Lipinski definition) is 1. The predicted molar refractivity (Wildman–Crippen MR) is 71.3 cm³/mol. The van der Waals surface area contributed by atoms with E-state index in [1.54, 1.807) is 6.07 Å². The van der Waals surface area contributed by atoms with Gasteiger partial charge in [-0.05, 0) is 43.7 Å². The molecule has 1 aromatic rings. The zero-order valence-corrected chi connectivity index (χ0v) is 11.1. The van der Waals surface area contributed by atoms with Crippen molar-refractivity contribution in [2.24, 2.45) is 5.92 Å². The fourth-order valence-electron chi connectivity index (χ4n) is 2.61. The highest BCUT2D eigenvalue weighted by Gasteiger charge is 2.20. The van der Waals surface area contributed by atoms with Gasteiger partial charge in [-0.15, -0.1) is 10.2 Å². The molecular weight excluding hydrogens is 234 g/mol. The molecule has 0 radical (unpaired) electrons. The topological polar surface area (TPSA) is 37.8 Å². The first kappa shape index (κ1) is 12.6. The van der Waals surface area contributed by atoms with E-state index >= 15 is 0 Å². The Balaban J connectivity index is 1.79. The molecule has 17 heavy (non-hydrogen) atoms. The third-order valence-corrected chi connectivity index (χ3v) is 3.73. The first-order chi connectivity index (χ1) is 8.28. The molecule has 1 saturated carbocycles. The molecule has 0 atom stereocenters. The molecule has 0 aliphatic heterocycles. The standard InChI is InChI=1S/C13H20ClN3/c1-2-3-10-4-6-11(7-5-10)15-13-9-8-12(14)16-17-13/h8-11H,2-7H2,1H3,(H,15,17). The quantitative estimate of drug-likeness (QED) is 0.884. The van der Waals surface area contributed by atoms with Gasteiger partial charge in [0.15, 0.2) is 5.15 Å². The van der Waals surface area contributed by atoms with E-state index in [0.29, 0.717) is 11.2 Å². The summed E-state index contributed by atoms with van der Waals surface area (Å²) < 4.78 is 0. The lowest BCUT2D eigenvalue weighted by atomic mass is 9.83. The van der Waals surface area contributed by atoms with Gasteiger partial charge in [0.25, 0.3) is 0 Å². The maximum absolute atomic E-state index is 5.71. The average molecular weight is 254 g/mol. The first-order valence-electron chi connectivity index (χ1n) is 6.53. The molecule has 0 amide bonds. The summed E-state index contributed by atoms with van der Waals surface area (Å²) in [7, 11) is 0. The molecule has 0 unspecified atom stereocenters. The minimum absolute atomic E-state index is 0.446. The van der Waals surface area contributed by atoms with Crippen molar-refractivity contribution >= 4 is 17.4 Å². The summed E-state index contributed by atoms with van der Waals surface area (Å²) >= 11 is 5.71. The molecule has 1 N–H and O–H groups in total. The molecule has 0 saturated heterocycles. The zero-order chi connectivity index (χ0) is 12.1. The summed E-state index contributed by atoms with van der Waals surface area (Å²) in [6, 6.07) is 4.23. The van der Waals surface area contributed by atoms with Crippen LogP contribution in [0.3, 0.4) is 0 Å². The molecule has 1 fully saturated rings. The second-order valence-electron chi connectivity index (χ2n) is 4.89. The minimum Gasteiger partial charge on any atom is -0.366 e. The van der Waals surface area contributed by atoms with Crippen LogP contribution in [0.25, 0.3) is 0 Å². The van der Waals surface area contributed by atoms with E-state index in [9.17, 15) is 0 Å². The molecule has 4 heteroatoms. The van der Waals surface area contributed by atoms with Crippen molar-refractivity contribution in [3.8, 4) is 0 Å². The van der Waals surface area contributed by atoms with Gasteiger partial charge in [0.2, 0.25) is 0 Å². The molecule has 1 heterocycles. The van der Waals surface area contributed by atoms with Crippen LogP contribution in [-0.2, 0) is 0 Å². The van der Waals surface area contributed by atoms with E-state index in [4.69, 9.17) is 11.6 Å². The predicted octanol–water partition coefficient (Wildman–Crippen LogP) is 3.90. The lowest BCUT2D eigenvalue weighted by Gasteiger charge is -2.29. The first-order valence-corrected chi connectivity index (χ1v) is 6.91. The Morgan fingerprint density at radius 3 is 2.59 bits per heavy atom. The number of halogens is 1. The fourth-order valence-corrected chi connectivity index (χ4v) is 2.71. The third-order valence-electron chi connectivity index (χ3n) is 3.53. The Bertz CT molecular complexity index is 331. The number of nitrogens with zero attached hydrogens (tertiary/aromatic N) is 2. The van der Waals surface area contributed by atoms with Crippen LogP contribution in [0, 0.1) is 5.92 Å². The van der Waals surface area contributed by atoms with Gasteiger partial charge in [-0.3, -0.25) is 0 Å². The van der Waals surface area contributed by atoms with Crippen molar-refractivity contribution in [2.45, 2.75) is 51.5 Å². The van der Waals surface area contributed by atoms with Crippen LogP contribution in [-0.4, -0.2) is 16.2 Å². The van der Waals surface area contributed by atoms with E-state index in [2.05, 4.69) is 22.4 Å². The number of rotatable bonds is 4. The van der Waals surface area contributed by atoms with Gasteiger partial charge < -0.3 is 5.32 Å². The highest BCUT2D eigenvalue weighted by Crippen LogP contribution is 2.29. The van der Waals surface area contributed by atoms with Crippen LogP contribution < -0.4 is 5.32 Å². The average Bonchev–Trinajstić information content (AvgIpc) is 2.35. The van der Waals surface area contributed by atoms with Crippen molar-refractivity contribution in [3.63, 3.8) is 0 Å². The van der Waals surface area contributed by atoms with Crippen molar-refractivity contribution in [1.82, 2.24) is 10.2 Å². The molecule has 0 bridgehead atoms. The van der Waals surface area contributed by atoms with Gasteiger partial charge >= 0.3 is 0 Å². The highest BCUT2D eigenvalue weighted by atomic mass is 35.5. The van der Waals surface area contributed by atoms with Gasteiger partial charge in [0.05, 0.1) is 0 Å². The van der Waals surface area contributed by atoms with Gasteiger partial charge in [0.1, 0.15) is 5.82 Å². The van der Waals surface area contributed by atoms with Crippen LogP contribution in [0.5, 0.6) is 0 Å². The smallest absolute Gasteiger partial charge is 0.151 e. The van der Waals surface area contributed by atoms with Gasteiger partial charge in [-0.2, -0.15) is 0 Å². The normalized spacial score (nSPS) is 24.6. The highest BCUT2D eigenvalue weighted by molar-refractivity contribution is 6.29. The van der Waals surface area contributed by atoms with E-state index in [-0.39, 0.29) is 0 Å². The van der Waals surface area contributed by atoms with Crippen molar-refractivity contribution < 1.29 is 0 Å². The largest absolute Gasteiger partial charge is 0.366 e. The third kappa shape index (κ3) is 3.84. The monoisotopic (exact) mass is 253 g/mol. The van der Waals surface area contributed by atoms with Crippen molar-refractivity contribution in [1.29, 1.82) is 0 Å². The maximum atomic E-state index is 5.71. The van der Waals surface area contributed by atoms with E-state index < -0.39 is 0 Å². The number of anilines is 1. The molecule has 3 nitrogen and oxygen atoms in total. The Morgan fingerprint density at radius 1 is 1.24 bits per heavy atom. The van der Waals surface area contributed by atoms with Gasteiger partial charge in [-0.25, -0.2) is 0 Å². The lowest BCUT2D eigenvalue weighted by Crippen LogP contribution is -2.26. The van der Waals surface area contributed by atoms with Crippen molar-refractivity contribution in [2.75, 3.05) is 5.32 Å². The molecule has 94 valence electrons. The molecule has 0 aromatic carbocycles. The van der Waals surface area contributed by atoms with E-state index in [1.165, 1.54) is 38.5 Å². The van der Waals surface area contributed by atoms with Crippen LogP contribution in [0.4, 0.5) is 5.82 Å². The summed E-state index contributed by atoms with van der Waals surface area (Å²) in [4.78, 5) is 0. The SMILES string of the molecule is CCCC1CCC(Nc2ccc(Cl)nn2)CC1. The second kappa shape index (κ2) is 6.20. The molecular formula is C13H20ClN3. The maximum Gasteiger partial charge on any atom is 0.151 e. The fraction of sp³-hybridized carbons (Fsp3) is 0.692. The summed E-state index contributed by atoms with van der Waals surface area (Å²) in [6.45, 7) is 2.27. The number of nitrogens with one attached hydrogen (secondary N) is 1. The van der Waals surface area contributed by atoms with Crippen molar-refractivity contribution in [3.05, 3.63) is 17.3 Å². The van der Waals surface area contributed by atoms with Crippen LogP contribution in [0.1, 0.15) is 45.4 Å². The molecule has 1 aliphatic carbocycles.